The maximum atomic E-state index is 11.0. The van der Waals surface area contributed by atoms with Crippen LogP contribution >= 0.6 is 11.8 Å². The summed E-state index contributed by atoms with van der Waals surface area (Å²) in [5, 5.41) is 9.08. The largest absolute Gasteiger partial charge is 0.481 e. The van der Waals surface area contributed by atoms with Crippen molar-refractivity contribution in [2.75, 3.05) is 18.1 Å². The molecule has 0 aromatic carbocycles. The molecule has 3 nitrogen and oxygen atoms in total. The second kappa shape index (κ2) is 6.49. The van der Waals surface area contributed by atoms with Gasteiger partial charge in [0.05, 0.1) is 6.42 Å². The van der Waals surface area contributed by atoms with Crippen molar-refractivity contribution in [2.24, 2.45) is 5.41 Å². The lowest BCUT2D eigenvalue weighted by Crippen LogP contribution is -2.49. The number of nitrogens with zero attached hydrogens (tertiary/aromatic N) is 1. The first-order chi connectivity index (χ1) is 8.98. The lowest BCUT2D eigenvalue weighted by atomic mass is 9.85. The number of carboxylic acids is 1. The van der Waals surface area contributed by atoms with Gasteiger partial charge in [0.1, 0.15) is 0 Å². The third-order valence-corrected chi connectivity index (χ3v) is 5.79. The van der Waals surface area contributed by atoms with Gasteiger partial charge in [0, 0.05) is 30.1 Å². The zero-order valence-electron chi connectivity index (χ0n) is 12.2. The normalized spacial score (nSPS) is 32.7. The first-order valence-corrected chi connectivity index (χ1v) is 8.69. The Labute approximate surface area is 121 Å². The molecule has 0 aromatic rings. The van der Waals surface area contributed by atoms with Gasteiger partial charge in [0.15, 0.2) is 0 Å². The van der Waals surface area contributed by atoms with Gasteiger partial charge in [-0.3, -0.25) is 9.69 Å². The van der Waals surface area contributed by atoms with Gasteiger partial charge in [-0.1, -0.05) is 20.3 Å². The van der Waals surface area contributed by atoms with Gasteiger partial charge < -0.3 is 5.11 Å². The molecule has 0 aromatic heterocycles. The number of aliphatic carboxylic acids is 1. The van der Waals surface area contributed by atoms with Crippen molar-refractivity contribution in [3.05, 3.63) is 0 Å². The molecule has 1 saturated heterocycles. The lowest BCUT2D eigenvalue weighted by molar-refractivity contribution is -0.138. The average molecular weight is 285 g/mol. The average Bonchev–Trinajstić information content (AvgIpc) is 2.50. The highest BCUT2D eigenvalue weighted by Gasteiger charge is 2.33. The van der Waals surface area contributed by atoms with Crippen molar-refractivity contribution in [1.29, 1.82) is 0 Å². The van der Waals surface area contributed by atoms with Crippen LogP contribution in [0, 0.1) is 5.41 Å². The van der Waals surface area contributed by atoms with E-state index < -0.39 is 5.97 Å². The van der Waals surface area contributed by atoms with E-state index in [9.17, 15) is 4.79 Å². The molecular weight excluding hydrogens is 258 g/mol. The third-order valence-electron chi connectivity index (χ3n) is 4.70. The van der Waals surface area contributed by atoms with E-state index in [2.05, 4.69) is 18.7 Å². The zero-order valence-corrected chi connectivity index (χ0v) is 13.0. The van der Waals surface area contributed by atoms with Crippen molar-refractivity contribution in [2.45, 2.75) is 64.5 Å². The summed E-state index contributed by atoms with van der Waals surface area (Å²) >= 11 is 1.91. The molecule has 0 spiro atoms. The second-order valence-electron chi connectivity index (χ2n) is 6.81. The Hall–Kier alpha value is -0.220. The Morgan fingerprint density at radius 3 is 2.89 bits per heavy atom. The molecule has 2 unspecified atom stereocenters. The quantitative estimate of drug-likeness (QED) is 0.808. The Bertz CT molecular complexity index is 319. The molecule has 1 aliphatic heterocycles. The second-order valence-corrected chi connectivity index (χ2v) is 7.96. The van der Waals surface area contributed by atoms with Gasteiger partial charge in [-0.2, -0.15) is 11.8 Å². The van der Waals surface area contributed by atoms with E-state index in [0.29, 0.717) is 17.9 Å². The first-order valence-electron chi connectivity index (χ1n) is 7.53. The van der Waals surface area contributed by atoms with E-state index in [1.165, 1.54) is 32.1 Å². The van der Waals surface area contributed by atoms with Gasteiger partial charge in [-0.05, 0) is 31.1 Å². The summed E-state index contributed by atoms with van der Waals surface area (Å²) in [5.41, 5.74) is 0.474. The van der Waals surface area contributed by atoms with Crippen LogP contribution in [-0.2, 0) is 4.79 Å². The lowest BCUT2D eigenvalue weighted by Gasteiger charge is -2.40. The Morgan fingerprint density at radius 1 is 1.37 bits per heavy atom. The molecular formula is C15H27NO2S. The molecule has 1 aliphatic carbocycles. The first kappa shape index (κ1) is 15.2. The van der Waals surface area contributed by atoms with Crippen LogP contribution in [-0.4, -0.2) is 46.1 Å². The van der Waals surface area contributed by atoms with E-state index in [4.69, 9.17) is 5.11 Å². The monoisotopic (exact) mass is 285 g/mol. The molecule has 110 valence electrons. The number of thioether (sulfide) groups is 1. The van der Waals surface area contributed by atoms with Crippen LogP contribution in [0.2, 0.25) is 0 Å². The van der Waals surface area contributed by atoms with Crippen molar-refractivity contribution in [3.8, 4) is 0 Å². The van der Waals surface area contributed by atoms with E-state index in [-0.39, 0.29) is 6.04 Å². The van der Waals surface area contributed by atoms with Gasteiger partial charge in [-0.25, -0.2) is 0 Å². The van der Waals surface area contributed by atoms with Crippen LogP contribution in [0.5, 0.6) is 0 Å². The van der Waals surface area contributed by atoms with Crippen LogP contribution in [0.3, 0.4) is 0 Å². The van der Waals surface area contributed by atoms with Crippen molar-refractivity contribution >= 4 is 17.7 Å². The summed E-state index contributed by atoms with van der Waals surface area (Å²) < 4.78 is 0. The van der Waals surface area contributed by atoms with E-state index in [0.717, 1.165) is 18.1 Å². The smallest absolute Gasteiger partial charge is 0.304 e. The fourth-order valence-electron chi connectivity index (χ4n) is 3.50. The molecule has 2 fully saturated rings. The molecule has 1 saturated carbocycles. The summed E-state index contributed by atoms with van der Waals surface area (Å²) in [5.74, 6) is 1.51. The highest BCUT2D eigenvalue weighted by molar-refractivity contribution is 7.99. The molecule has 19 heavy (non-hydrogen) atoms. The van der Waals surface area contributed by atoms with Gasteiger partial charge in [0.2, 0.25) is 0 Å². The molecule has 0 bridgehead atoms. The number of rotatable bonds is 3. The highest BCUT2D eigenvalue weighted by atomic mass is 32.2. The summed E-state index contributed by atoms with van der Waals surface area (Å²) in [7, 11) is 0. The van der Waals surface area contributed by atoms with Crippen LogP contribution in [0.15, 0.2) is 0 Å². The SMILES string of the molecule is CC1(C)CCCC(N2CCSCC2CC(=O)O)CC1. The minimum absolute atomic E-state index is 0.252. The minimum Gasteiger partial charge on any atom is -0.481 e. The fourth-order valence-corrected chi connectivity index (χ4v) is 4.59. The number of hydrogen-bond acceptors (Lipinski definition) is 3. The molecule has 4 heteroatoms. The third kappa shape index (κ3) is 4.38. The Morgan fingerprint density at radius 2 is 2.16 bits per heavy atom. The zero-order chi connectivity index (χ0) is 13.9. The van der Waals surface area contributed by atoms with Crippen LogP contribution < -0.4 is 0 Å². The molecule has 2 atom stereocenters. The fraction of sp³-hybridized carbons (Fsp3) is 0.933. The number of hydrogen-bond donors (Lipinski definition) is 1. The van der Waals surface area contributed by atoms with E-state index in [1.54, 1.807) is 0 Å². The summed E-state index contributed by atoms with van der Waals surface area (Å²) in [6, 6.07) is 0.870. The van der Waals surface area contributed by atoms with Crippen LogP contribution in [0.4, 0.5) is 0 Å². The van der Waals surface area contributed by atoms with Crippen LogP contribution in [0.25, 0.3) is 0 Å². The van der Waals surface area contributed by atoms with Crippen molar-refractivity contribution in [1.82, 2.24) is 4.90 Å². The van der Waals surface area contributed by atoms with Gasteiger partial charge in [-0.15, -0.1) is 0 Å². The predicted molar refractivity (Wildman–Crippen MR) is 80.7 cm³/mol. The summed E-state index contributed by atoms with van der Waals surface area (Å²) in [6.45, 7) is 5.82. The van der Waals surface area contributed by atoms with Gasteiger partial charge in [0.25, 0.3) is 0 Å². The molecule has 2 rings (SSSR count). The Balaban J connectivity index is 1.99. The maximum Gasteiger partial charge on any atom is 0.304 e. The van der Waals surface area contributed by atoms with E-state index >= 15 is 0 Å². The Kier molecular flexibility index (Phi) is 5.18. The standard InChI is InChI=1S/C15H27NO2S/c1-15(2)6-3-4-12(5-7-15)16-8-9-19-11-13(16)10-14(17)18/h12-13H,3-11H2,1-2H3,(H,17,18). The van der Waals surface area contributed by atoms with Crippen LogP contribution in [0.1, 0.15) is 52.4 Å². The molecule has 1 N–H and O–H groups in total. The molecule has 2 aliphatic rings. The molecule has 1 heterocycles. The number of carboxylic acid groups (broad SMARTS) is 1. The predicted octanol–water partition coefficient (Wildman–Crippen LogP) is 3.24. The molecule has 0 amide bonds. The topological polar surface area (TPSA) is 40.5 Å². The van der Waals surface area contributed by atoms with Crippen molar-refractivity contribution in [3.63, 3.8) is 0 Å². The van der Waals surface area contributed by atoms with Crippen molar-refractivity contribution < 1.29 is 9.90 Å². The number of carbonyl (C=O) groups is 1. The molecule has 0 radical (unpaired) electrons. The highest BCUT2D eigenvalue weighted by Crippen LogP contribution is 2.36. The van der Waals surface area contributed by atoms with E-state index in [1.807, 2.05) is 11.8 Å². The minimum atomic E-state index is -0.647. The van der Waals surface area contributed by atoms with Gasteiger partial charge >= 0.3 is 5.97 Å². The summed E-state index contributed by atoms with van der Waals surface area (Å²) in [4.78, 5) is 13.6. The maximum absolute atomic E-state index is 11.0. The summed E-state index contributed by atoms with van der Waals surface area (Å²) in [6.07, 6.45) is 6.70.